The van der Waals surface area contributed by atoms with Crippen molar-refractivity contribution in [2.24, 2.45) is 0 Å². The second-order valence-corrected chi connectivity index (χ2v) is 7.82. The van der Waals surface area contributed by atoms with Crippen molar-refractivity contribution in [2.45, 2.75) is 32.9 Å². The number of rotatable bonds is 7. The highest BCUT2D eigenvalue weighted by Crippen LogP contribution is 2.26. The van der Waals surface area contributed by atoms with Crippen molar-refractivity contribution in [2.75, 3.05) is 6.61 Å². The number of nitrogens with zero attached hydrogens (tertiary/aromatic N) is 3. The van der Waals surface area contributed by atoms with Gasteiger partial charge >= 0.3 is 0 Å². The number of fused-ring (bicyclic) bond motifs is 1. The van der Waals surface area contributed by atoms with E-state index in [2.05, 4.69) is 15.3 Å². The molecule has 8 nitrogen and oxygen atoms in total. The summed E-state index contributed by atoms with van der Waals surface area (Å²) < 4.78 is 40.6. The van der Waals surface area contributed by atoms with Gasteiger partial charge in [0.25, 0.3) is 5.91 Å². The highest BCUT2D eigenvalue weighted by atomic mass is 19.1. The molecule has 0 aliphatic rings. The zero-order chi connectivity index (χ0) is 23.8. The Labute approximate surface area is 187 Å². The average molecular weight is 456 g/mol. The second kappa shape index (κ2) is 8.62. The first-order chi connectivity index (χ1) is 15.7. The number of benzene rings is 1. The van der Waals surface area contributed by atoms with E-state index in [-0.39, 0.29) is 29.5 Å². The summed E-state index contributed by atoms with van der Waals surface area (Å²) in [7, 11) is 0. The van der Waals surface area contributed by atoms with E-state index in [4.69, 9.17) is 9.15 Å². The van der Waals surface area contributed by atoms with Crippen molar-refractivity contribution in [3.05, 3.63) is 83.0 Å². The molecule has 1 amide bonds. The third kappa shape index (κ3) is 4.17. The summed E-state index contributed by atoms with van der Waals surface area (Å²) in [4.78, 5) is 21.7. The van der Waals surface area contributed by atoms with Crippen LogP contribution >= 0.6 is 0 Å². The largest absolute Gasteiger partial charge is 0.485 e. The minimum Gasteiger partial charge on any atom is -0.485 e. The number of imidazole rings is 1. The smallest absolute Gasteiger partial charge is 0.271 e. The third-order valence-electron chi connectivity index (χ3n) is 5.24. The van der Waals surface area contributed by atoms with Crippen molar-refractivity contribution < 1.29 is 27.8 Å². The molecular weight excluding hydrogens is 434 g/mol. The van der Waals surface area contributed by atoms with Crippen LogP contribution in [-0.2, 0) is 12.1 Å². The molecule has 4 rings (SSSR count). The fourth-order valence-electron chi connectivity index (χ4n) is 3.44. The fraction of sp³-hybridized carbons (Fsp3) is 0.261. The molecule has 0 spiro atoms. The normalized spacial score (nSPS) is 13.2. The summed E-state index contributed by atoms with van der Waals surface area (Å²) in [6, 6.07) is 6.80. The van der Waals surface area contributed by atoms with Crippen LogP contribution < -0.4 is 10.1 Å². The summed E-state index contributed by atoms with van der Waals surface area (Å²) in [6.07, 6.45) is 3.11. The number of hydrogen-bond donors (Lipinski definition) is 2. The van der Waals surface area contributed by atoms with Crippen LogP contribution in [0.4, 0.5) is 8.78 Å². The molecule has 1 atom stereocenters. The van der Waals surface area contributed by atoms with E-state index in [9.17, 15) is 18.7 Å². The van der Waals surface area contributed by atoms with Gasteiger partial charge in [-0.1, -0.05) is 6.07 Å². The summed E-state index contributed by atoms with van der Waals surface area (Å²) in [6.45, 7) is 4.15. The van der Waals surface area contributed by atoms with Gasteiger partial charge in [0.05, 0.1) is 24.1 Å². The molecule has 3 heterocycles. The molecule has 1 unspecified atom stereocenters. The number of carbonyl (C=O) groups excluding carboxylic acids is 1. The van der Waals surface area contributed by atoms with Gasteiger partial charge in [0.15, 0.2) is 11.4 Å². The molecular formula is C23H22F2N4O4. The predicted molar refractivity (Wildman–Crippen MR) is 114 cm³/mol. The quantitative estimate of drug-likeness (QED) is 0.442. The molecule has 0 aliphatic carbocycles. The number of carbonyl (C=O) groups is 1. The number of hydrogen-bond acceptors (Lipinski definition) is 6. The lowest BCUT2D eigenvalue weighted by atomic mass is 10.0. The Bertz CT molecular complexity index is 1310. The van der Waals surface area contributed by atoms with E-state index in [1.54, 1.807) is 39.1 Å². The van der Waals surface area contributed by atoms with Crippen LogP contribution in [0.3, 0.4) is 0 Å². The van der Waals surface area contributed by atoms with E-state index in [0.29, 0.717) is 17.1 Å². The van der Waals surface area contributed by atoms with Gasteiger partial charge in [-0.2, -0.15) is 0 Å². The van der Waals surface area contributed by atoms with Gasteiger partial charge < -0.3 is 19.6 Å². The first-order valence-electron chi connectivity index (χ1n) is 10.1. The minimum absolute atomic E-state index is 0.165. The minimum atomic E-state index is -1.27. The van der Waals surface area contributed by atoms with Gasteiger partial charge in [0, 0.05) is 6.20 Å². The third-order valence-corrected chi connectivity index (χ3v) is 5.24. The van der Waals surface area contributed by atoms with Crippen LogP contribution in [0.2, 0.25) is 0 Å². The number of ether oxygens (including phenoxy) is 1. The van der Waals surface area contributed by atoms with Crippen molar-refractivity contribution in [3.63, 3.8) is 0 Å². The standard InChI is InChI=1S/C23H22F2N4O4/c1-13-10-26-22(33-13)23(3,12-30)28-21(31)19-14(2)27-20-18(8-5-9-29(19)20)32-11-15-16(24)6-4-7-17(15)25/h4-10,30H,11-12H2,1-3H3,(H,28,31). The molecule has 0 saturated carbocycles. The fourth-order valence-corrected chi connectivity index (χ4v) is 3.44. The summed E-state index contributed by atoms with van der Waals surface area (Å²) in [5.74, 6) is -1.00. The van der Waals surface area contributed by atoms with Gasteiger partial charge in [-0.15, -0.1) is 0 Å². The first kappa shape index (κ1) is 22.4. The van der Waals surface area contributed by atoms with Gasteiger partial charge in [-0.3, -0.25) is 9.20 Å². The molecule has 3 aromatic heterocycles. The maximum Gasteiger partial charge on any atom is 0.271 e. The molecule has 4 aromatic rings. The lowest BCUT2D eigenvalue weighted by Crippen LogP contribution is -2.47. The number of aromatic nitrogens is 3. The summed E-state index contributed by atoms with van der Waals surface area (Å²) in [5, 5.41) is 12.7. The van der Waals surface area contributed by atoms with Crippen LogP contribution in [0.5, 0.6) is 5.75 Å². The maximum absolute atomic E-state index is 13.9. The monoisotopic (exact) mass is 456 g/mol. The number of pyridine rings is 1. The summed E-state index contributed by atoms with van der Waals surface area (Å²) >= 11 is 0. The molecule has 33 heavy (non-hydrogen) atoms. The molecule has 2 N–H and O–H groups in total. The van der Waals surface area contributed by atoms with Crippen molar-refractivity contribution in [1.29, 1.82) is 0 Å². The molecule has 0 bridgehead atoms. The molecule has 1 aromatic carbocycles. The van der Waals surface area contributed by atoms with Crippen molar-refractivity contribution >= 4 is 11.6 Å². The van der Waals surface area contributed by atoms with Crippen LogP contribution in [0, 0.1) is 25.5 Å². The number of halogens is 2. The van der Waals surface area contributed by atoms with Crippen molar-refractivity contribution in [3.8, 4) is 5.75 Å². The van der Waals surface area contributed by atoms with E-state index in [1.807, 2.05) is 0 Å². The van der Waals surface area contributed by atoms with Gasteiger partial charge in [0.2, 0.25) is 5.89 Å². The Hall–Kier alpha value is -3.79. The Kier molecular flexibility index (Phi) is 5.86. The Balaban J connectivity index is 1.64. The number of aryl methyl sites for hydroxylation is 2. The number of amides is 1. The van der Waals surface area contributed by atoms with E-state index in [0.717, 1.165) is 12.1 Å². The molecule has 0 radical (unpaired) electrons. The zero-order valence-corrected chi connectivity index (χ0v) is 18.2. The maximum atomic E-state index is 13.9. The topological polar surface area (TPSA) is 102 Å². The van der Waals surface area contributed by atoms with Crippen LogP contribution in [-0.4, -0.2) is 32.0 Å². The Morgan fingerprint density at radius 3 is 2.61 bits per heavy atom. The highest BCUT2D eigenvalue weighted by Gasteiger charge is 2.34. The molecule has 0 aliphatic heterocycles. The van der Waals surface area contributed by atoms with E-state index < -0.39 is 29.7 Å². The molecule has 0 saturated heterocycles. The van der Waals surface area contributed by atoms with Crippen LogP contribution in [0.1, 0.15) is 40.3 Å². The van der Waals surface area contributed by atoms with Gasteiger partial charge in [-0.05, 0) is 45.0 Å². The molecule has 172 valence electrons. The van der Waals surface area contributed by atoms with Gasteiger partial charge in [-0.25, -0.2) is 18.7 Å². The SMILES string of the molecule is Cc1cnc(C(C)(CO)NC(=O)c2c(C)nc3c(OCc4c(F)cccc4F)cccn23)o1. The van der Waals surface area contributed by atoms with Crippen molar-refractivity contribution in [1.82, 2.24) is 19.7 Å². The highest BCUT2D eigenvalue weighted by molar-refractivity contribution is 5.95. The first-order valence-corrected chi connectivity index (χ1v) is 10.1. The number of aliphatic hydroxyl groups is 1. The second-order valence-electron chi connectivity index (χ2n) is 7.82. The lowest BCUT2D eigenvalue weighted by Gasteiger charge is -2.25. The average Bonchev–Trinajstić information content (AvgIpc) is 3.36. The Morgan fingerprint density at radius 1 is 1.24 bits per heavy atom. The number of nitrogens with one attached hydrogen (secondary N) is 1. The predicted octanol–water partition coefficient (Wildman–Crippen LogP) is 3.43. The Morgan fingerprint density at radius 2 is 1.97 bits per heavy atom. The summed E-state index contributed by atoms with van der Waals surface area (Å²) in [5.41, 5.74) is -0.575. The van der Waals surface area contributed by atoms with E-state index >= 15 is 0 Å². The number of aliphatic hydroxyl groups excluding tert-OH is 1. The van der Waals surface area contributed by atoms with Crippen LogP contribution in [0.15, 0.2) is 47.1 Å². The van der Waals surface area contributed by atoms with Crippen LogP contribution in [0.25, 0.3) is 5.65 Å². The number of oxazole rings is 1. The van der Waals surface area contributed by atoms with Gasteiger partial charge in [0.1, 0.15) is 35.2 Å². The zero-order valence-electron chi connectivity index (χ0n) is 18.2. The lowest BCUT2D eigenvalue weighted by molar-refractivity contribution is 0.0803. The molecule has 0 fully saturated rings. The van der Waals surface area contributed by atoms with E-state index in [1.165, 1.54) is 16.7 Å². The molecule has 10 heteroatoms.